The van der Waals surface area contributed by atoms with Gasteiger partial charge in [-0.05, 0) is 25.9 Å². The Labute approximate surface area is 71.2 Å². The van der Waals surface area contributed by atoms with E-state index in [-0.39, 0.29) is 6.54 Å². The van der Waals surface area contributed by atoms with E-state index in [1.165, 1.54) is 0 Å². The fourth-order valence-corrected chi connectivity index (χ4v) is 1.53. The predicted molar refractivity (Wildman–Crippen MR) is 44.5 cm³/mol. The molecule has 11 heavy (non-hydrogen) atoms. The molecular weight excluding hydrogens is 168 g/mol. The monoisotopic (exact) mass is 181 g/mol. The van der Waals surface area contributed by atoms with Crippen LogP contribution in [0.2, 0.25) is 0 Å². The average Bonchev–Trinajstić information content (AvgIpc) is 1.93. The van der Waals surface area contributed by atoms with Crippen LogP contribution in [0.15, 0.2) is 0 Å². The van der Waals surface area contributed by atoms with Crippen molar-refractivity contribution in [3.05, 3.63) is 0 Å². The second-order valence-electron chi connectivity index (χ2n) is 2.92. The number of thiol groups is 1. The van der Waals surface area contributed by atoms with Gasteiger partial charge in [0, 0.05) is 5.25 Å². The molecule has 1 aliphatic heterocycles. The van der Waals surface area contributed by atoms with Crippen LogP contribution in [0, 0.1) is 0 Å². The van der Waals surface area contributed by atoms with Crippen molar-refractivity contribution in [3.8, 4) is 0 Å². The van der Waals surface area contributed by atoms with E-state index >= 15 is 0 Å². The van der Waals surface area contributed by atoms with Gasteiger partial charge in [0.25, 0.3) is 6.43 Å². The summed E-state index contributed by atoms with van der Waals surface area (Å²) in [5, 5.41) is 0.420. The zero-order valence-electron chi connectivity index (χ0n) is 6.34. The summed E-state index contributed by atoms with van der Waals surface area (Å²) >= 11 is 4.28. The molecule has 1 rings (SSSR count). The van der Waals surface area contributed by atoms with Crippen LogP contribution in [-0.2, 0) is 0 Å². The smallest absolute Gasteiger partial charge is 0.251 e. The van der Waals surface area contributed by atoms with Crippen molar-refractivity contribution in [2.45, 2.75) is 24.5 Å². The van der Waals surface area contributed by atoms with E-state index in [1.54, 1.807) is 4.90 Å². The van der Waals surface area contributed by atoms with Crippen molar-refractivity contribution < 1.29 is 8.78 Å². The fourth-order valence-electron chi connectivity index (χ4n) is 1.30. The summed E-state index contributed by atoms with van der Waals surface area (Å²) in [7, 11) is 0. The normalized spacial score (nSPS) is 22.9. The van der Waals surface area contributed by atoms with E-state index in [9.17, 15) is 8.78 Å². The summed E-state index contributed by atoms with van der Waals surface area (Å²) < 4.78 is 23.7. The number of alkyl halides is 2. The molecule has 0 aromatic carbocycles. The minimum atomic E-state index is -2.19. The minimum Gasteiger partial charge on any atom is -0.298 e. The molecular formula is C7H13F2NS. The Bertz CT molecular complexity index is 113. The highest BCUT2D eigenvalue weighted by atomic mass is 32.1. The van der Waals surface area contributed by atoms with Gasteiger partial charge in [-0.2, -0.15) is 12.6 Å². The van der Waals surface area contributed by atoms with Gasteiger partial charge in [-0.3, -0.25) is 4.90 Å². The van der Waals surface area contributed by atoms with Crippen LogP contribution in [-0.4, -0.2) is 36.2 Å². The number of likely N-dealkylation sites (tertiary alicyclic amines) is 1. The zero-order chi connectivity index (χ0) is 8.27. The lowest BCUT2D eigenvalue weighted by Gasteiger charge is -2.29. The second-order valence-corrected chi connectivity index (χ2v) is 3.65. The number of hydrogen-bond donors (Lipinski definition) is 1. The van der Waals surface area contributed by atoms with Crippen molar-refractivity contribution in [3.63, 3.8) is 0 Å². The molecule has 0 saturated carbocycles. The number of halogens is 2. The van der Waals surface area contributed by atoms with Crippen molar-refractivity contribution in [1.82, 2.24) is 4.90 Å². The van der Waals surface area contributed by atoms with Gasteiger partial charge in [-0.25, -0.2) is 8.78 Å². The van der Waals surface area contributed by atoms with Crippen LogP contribution >= 0.6 is 12.6 Å². The molecule has 0 amide bonds. The number of hydrogen-bond acceptors (Lipinski definition) is 2. The molecule has 1 saturated heterocycles. The lowest BCUT2D eigenvalue weighted by Crippen LogP contribution is -2.37. The zero-order valence-corrected chi connectivity index (χ0v) is 7.24. The number of rotatable bonds is 2. The minimum absolute atomic E-state index is 0.0690. The molecule has 0 unspecified atom stereocenters. The summed E-state index contributed by atoms with van der Waals surface area (Å²) in [6.45, 7) is 1.48. The molecule has 0 aromatic heterocycles. The van der Waals surface area contributed by atoms with Crippen molar-refractivity contribution >= 4 is 12.6 Å². The molecule has 0 radical (unpaired) electrons. The molecule has 0 aliphatic carbocycles. The van der Waals surface area contributed by atoms with E-state index in [0.717, 1.165) is 25.9 Å². The molecule has 0 bridgehead atoms. The topological polar surface area (TPSA) is 3.24 Å². The molecule has 0 aromatic rings. The quantitative estimate of drug-likeness (QED) is 0.634. The Morgan fingerprint density at radius 3 is 2.36 bits per heavy atom. The van der Waals surface area contributed by atoms with E-state index < -0.39 is 6.43 Å². The van der Waals surface area contributed by atoms with Gasteiger partial charge in [0.15, 0.2) is 0 Å². The van der Waals surface area contributed by atoms with E-state index in [0.29, 0.717) is 5.25 Å². The number of piperidine rings is 1. The van der Waals surface area contributed by atoms with E-state index in [1.807, 2.05) is 0 Å². The van der Waals surface area contributed by atoms with E-state index in [2.05, 4.69) is 12.6 Å². The largest absolute Gasteiger partial charge is 0.298 e. The Balaban J connectivity index is 2.17. The van der Waals surface area contributed by atoms with Crippen molar-refractivity contribution in [2.75, 3.05) is 19.6 Å². The van der Waals surface area contributed by atoms with Crippen LogP contribution in [0.25, 0.3) is 0 Å². The molecule has 0 spiro atoms. The third kappa shape index (κ3) is 3.38. The third-order valence-corrected chi connectivity index (χ3v) is 2.47. The highest BCUT2D eigenvalue weighted by Crippen LogP contribution is 2.15. The molecule has 0 atom stereocenters. The first kappa shape index (κ1) is 9.26. The first-order chi connectivity index (χ1) is 5.18. The Morgan fingerprint density at radius 2 is 1.91 bits per heavy atom. The van der Waals surface area contributed by atoms with Gasteiger partial charge in [-0.15, -0.1) is 0 Å². The predicted octanol–water partition coefficient (Wildman–Crippen LogP) is 1.65. The standard InChI is InChI=1S/C7H13F2NS/c8-7(9)5-10-3-1-6(11)2-4-10/h6-7,11H,1-5H2. The van der Waals surface area contributed by atoms with Crippen molar-refractivity contribution in [1.29, 1.82) is 0 Å². The third-order valence-electron chi connectivity index (χ3n) is 1.95. The molecule has 1 heterocycles. The van der Waals surface area contributed by atoms with Crippen LogP contribution in [0.3, 0.4) is 0 Å². The van der Waals surface area contributed by atoms with Gasteiger partial charge >= 0.3 is 0 Å². The van der Waals surface area contributed by atoms with Crippen LogP contribution in [0.1, 0.15) is 12.8 Å². The first-order valence-corrected chi connectivity index (χ1v) is 4.38. The Hall–Kier alpha value is 0.170. The summed E-state index contributed by atoms with van der Waals surface area (Å²) in [6.07, 6.45) is -0.308. The van der Waals surface area contributed by atoms with E-state index in [4.69, 9.17) is 0 Å². The van der Waals surface area contributed by atoms with Gasteiger partial charge in [-0.1, -0.05) is 0 Å². The maximum atomic E-state index is 11.9. The first-order valence-electron chi connectivity index (χ1n) is 3.87. The number of nitrogens with zero attached hydrogens (tertiary/aromatic N) is 1. The fraction of sp³-hybridized carbons (Fsp3) is 1.00. The average molecular weight is 181 g/mol. The second kappa shape index (κ2) is 4.26. The maximum Gasteiger partial charge on any atom is 0.251 e. The van der Waals surface area contributed by atoms with Gasteiger partial charge in [0.05, 0.1) is 6.54 Å². The van der Waals surface area contributed by atoms with Crippen LogP contribution in [0.4, 0.5) is 8.78 Å². The van der Waals surface area contributed by atoms with Gasteiger partial charge < -0.3 is 0 Å². The van der Waals surface area contributed by atoms with Crippen molar-refractivity contribution in [2.24, 2.45) is 0 Å². The lowest BCUT2D eigenvalue weighted by molar-refractivity contribution is 0.0797. The van der Waals surface area contributed by atoms with Crippen LogP contribution < -0.4 is 0 Å². The Kier molecular flexibility index (Phi) is 3.59. The van der Waals surface area contributed by atoms with Gasteiger partial charge in [0.2, 0.25) is 0 Å². The SMILES string of the molecule is FC(F)CN1CCC(S)CC1. The maximum absolute atomic E-state index is 11.9. The molecule has 4 heteroatoms. The summed E-state index contributed by atoms with van der Waals surface area (Å²) in [5.74, 6) is 0. The molecule has 0 N–H and O–H groups in total. The molecule has 1 aliphatic rings. The summed E-state index contributed by atoms with van der Waals surface area (Å²) in [4.78, 5) is 1.80. The molecule has 1 nitrogen and oxygen atoms in total. The van der Waals surface area contributed by atoms with Crippen LogP contribution in [0.5, 0.6) is 0 Å². The molecule has 1 fully saturated rings. The summed E-state index contributed by atoms with van der Waals surface area (Å²) in [5.41, 5.74) is 0. The molecule has 66 valence electrons. The van der Waals surface area contributed by atoms with Gasteiger partial charge in [0.1, 0.15) is 0 Å². The highest BCUT2D eigenvalue weighted by molar-refractivity contribution is 7.80. The highest BCUT2D eigenvalue weighted by Gasteiger charge is 2.18. The Morgan fingerprint density at radius 1 is 1.36 bits per heavy atom. The summed E-state index contributed by atoms with van der Waals surface area (Å²) in [6, 6.07) is 0. The lowest BCUT2D eigenvalue weighted by atomic mass is 10.1.